The maximum atomic E-state index is 11.7. The van der Waals surface area contributed by atoms with Gasteiger partial charge in [-0.3, -0.25) is 18.6 Å². The van der Waals surface area contributed by atoms with Gasteiger partial charge in [-0.1, -0.05) is 31.1 Å². The number of hydrogen-bond donors (Lipinski definition) is 0. The summed E-state index contributed by atoms with van der Waals surface area (Å²) in [4.78, 5) is 27.2. The zero-order valence-electron chi connectivity index (χ0n) is 12.4. The third kappa shape index (κ3) is 9.32. The molecule has 6 nitrogen and oxygen atoms in total. The molecule has 150 valence electrons. The van der Waals surface area contributed by atoms with Crippen molar-refractivity contribution in [3.05, 3.63) is 27.2 Å². The molecule has 0 saturated heterocycles. The average molecular weight is 430 g/mol. The maximum Gasteiger partial charge on any atom is 0.379 e. The van der Waals surface area contributed by atoms with Crippen molar-refractivity contribution in [2.75, 3.05) is 0 Å². The SMILES string of the molecule is Cn1c(=O)c2c(ncn2C)n(C)c1=O.F.FS(F)(F)F.FS(F)(F)F. The molecule has 0 amide bonds. The van der Waals surface area contributed by atoms with E-state index in [1.807, 2.05) is 0 Å². The summed E-state index contributed by atoms with van der Waals surface area (Å²) in [5.41, 5.74) is 0.180. The third-order valence-corrected chi connectivity index (χ3v) is 2.32. The number of nitrogens with zero attached hydrogens (tertiary/aromatic N) is 4. The molecule has 0 fully saturated rings. The summed E-state index contributed by atoms with van der Waals surface area (Å²) in [7, 11) is 4.77. The van der Waals surface area contributed by atoms with Crippen molar-refractivity contribution < 1.29 is 35.8 Å². The first kappa shape index (κ1) is 25.5. The van der Waals surface area contributed by atoms with Crippen molar-refractivity contribution in [2.24, 2.45) is 21.1 Å². The number of fused-ring (bicyclic) bond motifs is 1. The molecule has 2 rings (SSSR count). The number of imidazole rings is 1. The molecule has 25 heavy (non-hydrogen) atoms. The lowest BCUT2D eigenvalue weighted by atomic mass is 10.5. The Kier molecular flexibility index (Phi) is 9.23. The van der Waals surface area contributed by atoms with Gasteiger partial charge >= 0.3 is 28.8 Å². The van der Waals surface area contributed by atoms with Crippen LogP contribution in [-0.4, -0.2) is 18.7 Å². The third-order valence-electron chi connectivity index (χ3n) is 2.32. The Morgan fingerprint density at radius 1 is 0.840 bits per heavy atom. The average Bonchev–Trinajstić information content (AvgIpc) is 2.72. The van der Waals surface area contributed by atoms with Crippen molar-refractivity contribution in [2.45, 2.75) is 0 Å². The summed E-state index contributed by atoms with van der Waals surface area (Å²) in [6, 6.07) is 0. The van der Waals surface area contributed by atoms with E-state index in [0.29, 0.717) is 11.2 Å². The number of aromatic nitrogens is 4. The summed E-state index contributed by atoms with van der Waals surface area (Å²) in [6.07, 6.45) is 1.52. The van der Waals surface area contributed by atoms with Crippen molar-refractivity contribution >= 4 is 34.3 Å². The molecule has 0 unspecified atom stereocenters. The van der Waals surface area contributed by atoms with Gasteiger partial charge in [-0.15, -0.1) is 0 Å². The second kappa shape index (κ2) is 9.07. The Morgan fingerprint density at radius 2 is 1.20 bits per heavy atom. The molecular formula is C8H11F9N4O2S2. The predicted octanol–water partition coefficient (Wildman–Crippen LogP) is 3.78. The molecule has 0 radical (unpaired) electrons. The molecular weight excluding hydrogens is 419 g/mol. The maximum absolute atomic E-state index is 11.7. The Bertz CT molecular complexity index is 783. The number of rotatable bonds is 0. The Balaban J connectivity index is 0. The summed E-state index contributed by atoms with van der Waals surface area (Å²) in [5.74, 6) is 0. The first-order valence-electron chi connectivity index (χ1n) is 5.34. The molecule has 0 aliphatic carbocycles. The minimum atomic E-state index is -6.17. The van der Waals surface area contributed by atoms with E-state index in [9.17, 15) is 40.7 Å². The van der Waals surface area contributed by atoms with E-state index >= 15 is 0 Å². The zero-order chi connectivity index (χ0) is 19.5. The lowest BCUT2D eigenvalue weighted by Crippen LogP contribution is -2.37. The fraction of sp³-hybridized carbons (Fsp3) is 0.375. The summed E-state index contributed by atoms with van der Waals surface area (Å²) in [6.45, 7) is 0. The highest BCUT2D eigenvalue weighted by Gasteiger charge is 2.16. The van der Waals surface area contributed by atoms with E-state index in [4.69, 9.17) is 0 Å². The topological polar surface area (TPSA) is 61.8 Å². The van der Waals surface area contributed by atoms with Crippen LogP contribution in [0.5, 0.6) is 0 Å². The van der Waals surface area contributed by atoms with Crippen LogP contribution in [0.2, 0.25) is 0 Å². The minimum absolute atomic E-state index is 0. The molecule has 2 aromatic rings. The standard InChI is InChI=1S/C8H10N4O2.2F4S.FH/c1-10-4-9-6-5(10)7(13)12(3)8(14)11(6)2;2*1-5(2,3)4;/h4H,1-3H3;;;1H. The van der Waals surface area contributed by atoms with Crippen LogP contribution in [-0.2, 0) is 21.1 Å². The smallest absolute Gasteiger partial charge is 0.328 e. The van der Waals surface area contributed by atoms with E-state index < -0.39 is 23.1 Å². The molecule has 17 heteroatoms. The Labute approximate surface area is 138 Å². The van der Waals surface area contributed by atoms with Gasteiger partial charge in [0, 0.05) is 21.1 Å². The zero-order valence-corrected chi connectivity index (χ0v) is 14.1. The van der Waals surface area contributed by atoms with Crippen LogP contribution in [0.15, 0.2) is 15.9 Å². The second-order valence-corrected chi connectivity index (χ2v) is 5.33. The highest BCUT2D eigenvalue weighted by atomic mass is 32.4. The predicted molar refractivity (Wildman–Crippen MR) is 77.7 cm³/mol. The van der Waals surface area contributed by atoms with Gasteiger partial charge in [-0.25, -0.2) is 9.78 Å². The van der Waals surface area contributed by atoms with Gasteiger partial charge in [-0.05, 0) is 0 Å². The molecule has 2 aromatic heterocycles. The fourth-order valence-corrected chi connectivity index (χ4v) is 1.47. The fourth-order valence-electron chi connectivity index (χ4n) is 1.47. The van der Waals surface area contributed by atoms with Crippen molar-refractivity contribution in [1.29, 1.82) is 0 Å². The summed E-state index contributed by atoms with van der Waals surface area (Å²) >= 11 is -12.3. The monoisotopic (exact) mass is 430 g/mol. The van der Waals surface area contributed by atoms with E-state index in [2.05, 4.69) is 4.98 Å². The van der Waals surface area contributed by atoms with E-state index in [-0.39, 0.29) is 16.0 Å². The van der Waals surface area contributed by atoms with Crippen molar-refractivity contribution in [3.8, 4) is 0 Å². The van der Waals surface area contributed by atoms with Crippen LogP contribution in [0.1, 0.15) is 0 Å². The first-order valence-corrected chi connectivity index (χ1v) is 7.81. The second-order valence-electron chi connectivity index (χ2n) is 3.93. The van der Waals surface area contributed by atoms with E-state index in [0.717, 1.165) is 4.57 Å². The van der Waals surface area contributed by atoms with Crippen LogP contribution >= 0.6 is 23.1 Å². The molecule has 0 saturated carbocycles. The highest BCUT2D eigenvalue weighted by molar-refractivity contribution is 8.16. The van der Waals surface area contributed by atoms with Crippen LogP contribution in [0.4, 0.5) is 35.8 Å². The normalized spacial score (nSPS) is 12.3. The van der Waals surface area contributed by atoms with Gasteiger partial charge in [0.1, 0.15) is 0 Å². The van der Waals surface area contributed by atoms with Crippen LogP contribution in [0.25, 0.3) is 11.2 Å². The molecule has 0 atom stereocenters. The molecule has 0 aliphatic heterocycles. The largest absolute Gasteiger partial charge is 0.379 e. The summed E-state index contributed by atoms with van der Waals surface area (Å²) in [5, 5.41) is 0. The van der Waals surface area contributed by atoms with Gasteiger partial charge in [0.2, 0.25) is 0 Å². The Morgan fingerprint density at radius 3 is 1.56 bits per heavy atom. The lowest BCUT2D eigenvalue weighted by Gasteiger charge is -2.02. The molecule has 0 aromatic carbocycles. The summed E-state index contributed by atoms with van der Waals surface area (Å²) < 4.78 is 82.2. The molecule has 2 heterocycles. The van der Waals surface area contributed by atoms with Gasteiger partial charge in [0.15, 0.2) is 11.2 Å². The van der Waals surface area contributed by atoms with Crippen LogP contribution in [0.3, 0.4) is 0 Å². The molecule has 0 N–H and O–H groups in total. The number of aryl methyl sites for hydroxylation is 2. The Hall–Kier alpha value is -1.78. The molecule has 0 spiro atoms. The van der Waals surface area contributed by atoms with Gasteiger partial charge in [-0.2, -0.15) is 0 Å². The quantitative estimate of drug-likeness (QED) is 0.598. The van der Waals surface area contributed by atoms with Crippen LogP contribution in [0, 0.1) is 0 Å². The molecule has 0 aliphatic rings. The molecule has 0 bridgehead atoms. The minimum Gasteiger partial charge on any atom is -0.328 e. The van der Waals surface area contributed by atoms with Crippen molar-refractivity contribution in [3.63, 3.8) is 0 Å². The van der Waals surface area contributed by atoms with Crippen molar-refractivity contribution in [1.82, 2.24) is 18.7 Å². The van der Waals surface area contributed by atoms with E-state index in [1.54, 1.807) is 18.7 Å². The first-order chi connectivity index (χ1) is 10.5. The van der Waals surface area contributed by atoms with Gasteiger partial charge in [0.25, 0.3) is 5.56 Å². The lowest BCUT2D eigenvalue weighted by molar-refractivity contribution is 0.541. The van der Waals surface area contributed by atoms with Gasteiger partial charge < -0.3 is 4.57 Å². The highest BCUT2D eigenvalue weighted by Crippen LogP contribution is 2.54. The van der Waals surface area contributed by atoms with E-state index in [1.165, 1.54) is 17.9 Å². The van der Waals surface area contributed by atoms with Gasteiger partial charge in [0.05, 0.1) is 6.33 Å². The number of hydrogen-bond acceptors (Lipinski definition) is 3. The van der Waals surface area contributed by atoms with Crippen LogP contribution < -0.4 is 11.2 Å². The number of halogens is 9.